The lowest BCUT2D eigenvalue weighted by Gasteiger charge is -2.31. The highest BCUT2D eigenvalue weighted by Gasteiger charge is 2.52. The number of hydrogen-bond acceptors (Lipinski definition) is 1. The average Bonchev–Trinajstić information content (AvgIpc) is 3.72. The number of halogens is 8. The maximum absolute atomic E-state index is 4.19. The van der Waals surface area contributed by atoms with Crippen LogP contribution in [-0.2, 0) is 5.41 Å². The average molecular weight is 1340 g/mol. The molecule has 1 nitrogen and oxygen atoms in total. The van der Waals surface area contributed by atoms with Crippen molar-refractivity contribution in [2.75, 3.05) is 4.90 Å². The van der Waals surface area contributed by atoms with Crippen LogP contribution in [0.3, 0.4) is 0 Å². The van der Waals surface area contributed by atoms with Crippen molar-refractivity contribution >= 4 is 145 Å². The molecule has 9 aromatic rings. The van der Waals surface area contributed by atoms with Gasteiger partial charge >= 0.3 is 0 Å². The molecule has 0 aromatic heterocycles. The second kappa shape index (κ2) is 17.0. The molecule has 0 saturated carbocycles. The summed E-state index contributed by atoms with van der Waals surface area (Å²) < 4.78 is 8.27. The van der Waals surface area contributed by atoms with Crippen LogP contribution in [-0.4, -0.2) is 0 Å². The predicted molar refractivity (Wildman–Crippen MR) is 295 cm³/mol. The monoisotopic (exact) mass is 1330 g/mol. The molecule has 0 fully saturated rings. The summed E-state index contributed by atoms with van der Waals surface area (Å²) >= 11 is 31.1. The summed E-state index contributed by atoms with van der Waals surface area (Å²) in [6.07, 6.45) is 0. The first-order valence-corrected chi connectivity index (χ1v) is 26.6. The Labute approximate surface area is 439 Å². The van der Waals surface area contributed by atoms with Crippen LogP contribution >= 0.6 is 127 Å². The lowest BCUT2D eigenvalue weighted by atomic mass is 9.70. The molecule has 1 atom stereocenters. The number of benzene rings is 9. The van der Waals surface area contributed by atoms with Crippen molar-refractivity contribution < 1.29 is 0 Å². The Morgan fingerprint density at radius 2 is 0.672 bits per heavy atom. The van der Waals surface area contributed by atoms with Crippen LogP contribution in [0.2, 0.25) is 0 Å². The molecular weight excluding hydrogens is 1310 g/mol. The van der Waals surface area contributed by atoms with E-state index < -0.39 is 5.41 Å². The van der Waals surface area contributed by atoms with Gasteiger partial charge in [-0.25, -0.2) is 0 Å². The molecule has 310 valence electrons. The Balaban J connectivity index is 1.12. The van der Waals surface area contributed by atoms with E-state index in [-0.39, 0.29) is 0 Å². The van der Waals surface area contributed by atoms with E-state index in [4.69, 9.17) is 0 Å². The van der Waals surface area contributed by atoms with Crippen molar-refractivity contribution in [3.05, 3.63) is 234 Å². The third-order valence-corrected chi connectivity index (χ3v) is 17.0. The molecular formula is C55H29Br8N. The molecule has 2 aliphatic rings. The first-order valence-electron chi connectivity index (χ1n) is 20.2. The zero-order valence-electron chi connectivity index (χ0n) is 33.2. The van der Waals surface area contributed by atoms with Gasteiger partial charge in [0.05, 0.1) is 5.41 Å². The van der Waals surface area contributed by atoms with Crippen LogP contribution in [0.4, 0.5) is 17.1 Å². The Morgan fingerprint density at radius 3 is 1.19 bits per heavy atom. The van der Waals surface area contributed by atoms with Gasteiger partial charge in [-0.15, -0.1) is 0 Å². The van der Waals surface area contributed by atoms with Crippen molar-refractivity contribution in [2.24, 2.45) is 0 Å². The van der Waals surface area contributed by atoms with E-state index in [1.165, 1.54) is 61.2 Å². The molecule has 0 amide bonds. The molecule has 64 heavy (non-hydrogen) atoms. The number of anilines is 3. The minimum absolute atomic E-state index is 0.602. The van der Waals surface area contributed by atoms with E-state index >= 15 is 0 Å². The van der Waals surface area contributed by atoms with Gasteiger partial charge in [-0.1, -0.05) is 176 Å². The Morgan fingerprint density at radius 1 is 0.266 bits per heavy atom. The zero-order valence-corrected chi connectivity index (χ0v) is 45.9. The molecule has 9 aromatic carbocycles. The molecule has 0 heterocycles. The second-order valence-electron chi connectivity index (χ2n) is 15.9. The minimum atomic E-state index is -0.602. The highest BCUT2D eigenvalue weighted by Crippen LogP contribution is 2.65. The van der Waals surface area contributed by atoms with Gasteiger partial charge in [0.25, 0.3) is 0 Å². The zero-order chi connectivity index (χ0) is 44.0. The fraction of sp³-hybridized carbons (Fsp3) is 0.0182. The van der Waals surface area contributed by atoms with Crippen molar-refractivity contribution in [1.29, 1.82) is 0 Å². The summed E-state index contributed by atoms with van der Waals surface area (Å²) in [7, 11) is 0. The molecule has 0 radical (unpaired) electrons. The topological polar surface area (TPSA) is 3.24 Å². The second-order valence-corrected chi connectivity index (χ2v) is 23.0. The summed E-state index contributed by atoms with van der Waals surface area (Å²) in [4.78, 5) is 2.30. The van der Waals surface area contributed by atoms with Gasteiger partial charge < -0.3 is 4.90 Å². The molecule has 1 spiro atoms. The molecule has 2 aliphatic carbocycles. The van der Waals surface area contributed by atoms with Crippen LogP contribution in [0.25, 0.3) is 55.6 Å². The van der Waals surface area contributed by atoms with Gasteiger partial charge in [-0.05, 0) is 205 Å². The first-order chi connectivity index (χ1) is 31.0. The van der Waals surface area contributed by atoms with Crippen molar-refractivity contribution in [2.45, 2.75) is 5.41 Å². The molecule has 0 aliphatic heterocycles. The van der Waals surface area contributed by atoms with Crippen molar-refractivity contribution in [3.63, 3.8) is 0 Å². The van der Waals surface area contributed by atoms with Crippen LogP contribution < -0.4 is 4.90 Å². The number of rotatable bonds is 6. The van der Waals surface area contributed by atoms with Crippen LogP contribution in [0.5, 0.6) is 0 Å². The van der Waals surface area contributed by atoms with Crippen LogP contribution in [0.15, 0.2) is 212 Å². The smallest absolute Gasteiger partial charge is 0.0727 e. The van der Waals surface area contributed by atoms with Crippen LogP contribution in [0, 0.1) is 0 Å². The SMILES string of the molecule is Brc1ccc(-c2ccccc2-c2cc3c(cc2Br)C2(c4cc(Br)ccc4-c4cc(-c5cc(N(c6ccc(Br)cc6)c6ccc(Br)cc6)ccc5Br)c(Br)cc42)c2cc(Br)ccc2-3)cc1. The van der Waals surface area contributed by atoms with Crippen molar-refractivity contribution in [3.8, 4) is 55.6 Å². The molecule has 0 bridgehead atoms. The predicted octanol–water partition coefficient (Wildman–Crippen LogP) is 20.6. The summed E-state index contributed by atoms with van der Waals surface area (Å²) in [5.74, 6) is 0. The quantitative estimate of drug-likeness (QED) is 0.160. The fourth-order valence-corrected chi connectivity index (χ4v) is 12.8. The third-order valence-electron chi connectivity index (χ3n) is 12.4. The fourth-order valence-electron chi connectivity index (χ4n) is 9.70. The third kappa shape index (κ3) is 7.18. The minimum Gasteiger partial charge on any atom is -0.310 e. The standard InChI is InChI=1S/C55H29Br8N/c56-31-7-5-30(6-8-31)39-3-1-2-4-40(39)46-26-43-41-20-13-34(59)23-48(41)55(50(43)28-53(46)62)49-24-35(60)14-21-42(49)44-27-47(54(63)29-51(44)55)45-25-38(19-22-52(45)61)64(36-15-9-32(57)10-16-36)37-17-11-33(58)12-18-37/h1-29H. The lowest BCUT2D eigenvalue weighted by Crippen LogP contribution is -2.26. The molecule has 9 heteroatoms. The molecule has 11 rings (SSSR count). The summed E-state index contributed by atoms with van der Waals surface area (Å²) in [5.41, 5.74) is 19.3. The van der Waals surface area contributed by atoms with Crippen LogP contribution in [0.1, 0.15) is 22.3 Å². The molecule has 1 unspecified atom stereocenters. The molecule has 0 N–H and O–H groups in total. The largest absolute Gasteiger partial charge is 0.310 e. The van der Waals surface area contributed by atoms with E-state index in [1.807, 2.05) is 0 Å². The Bertz CT molecular complexity index is 3320. The van der Waals surface area contributed by atoms with E-state index in [2.05, 4.69) is 308 Å². The summed E-state index contributed by atoms with van der Waals surface area (Å²) in [6, 6.07) is 64.0. The number of nitrogens with zero attached hydrogens (tertiary/aromatic N) is 1. The van der Waals surface area contributed by atoms with Gasteiger partial charge in [0.1, 0.15) is 0 Å². The summed E-state index contributed by atoms with van der Waals surface area (Å²) in [5, 5.41) is 0. The van der Waals surface area contributed by atoms with Gasteiger partial charge in [-0.2, -0.15) is 0 Å². The maximum atomic E-state index is 4.19. The number of hydrogen-bond donors (Lipinski definition) is 0. The summed E-state index contributed by atoms with van der Waals surface area (Å²) in [6.45, 7) is 0. The van der Waals surface area contributed by atoms with E-state index in [1.54, 1.807) is 0 Å². The van der Waals surface area contributed by atoms with Crippen molar-refractivity contribution in [1.82, 2.24) is 0 Å². The normalized spacial score (nSPS) is 14.3. The highest BCUT2D eigenvalue weighted by atomic mass is 79.9. The maximum Gasteiger partial charge on any atom is 0.0727 e. The number of fused-ring (bicyclic) bond motifs is 10. The van der Waals surface area contributed by atoms with E-state index in [9.17, 15) is 0 Å². The highest BCUT2D eigenvalue weighted by molar-refractivity contribution is 9.11. The van der Waals surface area contributed by atoms with Gasteiger partial charge in [-0.3, -0.25) is 0 Å². The van der Waals surface area contributed by atoms with Gasteiger partial charge in [0, 0.05) is 52.8 Å². The Hall–Kier alpha value is -3.38. The van der Waals surface area contributed by atoms with E-state index in [0.29, 0.717) is 0 Å². The van der Waals surface area contributed by atoms with Gasteiger partial charge in [0.15, 0.2) is 0 Å². The molecule has 0 saturated heterocycles. The van der Waals surface area contributed by atoms with Gasteiger partial charge in [0.2, 0.25) is 0 Å². The Kier molecular flexibility index (Phi) is 11.5. The lowest BCUT2D eigenvalue weighted by molar-refractivity contribution is 0.791. The first kappa shape index (κ1) is 43.2. The van der Waals surface area contributed by atoms with E-state index in [0.717, 1.165) is 69.5 Å².